The van der Waals surface area contributed by atoms with Crippen LogP contribution >= 0.6 is 11.6 Å². The lowest BCUT2D eigenvalue weighted by molar-refractivity contribution is -0.138. The van der Waals surface area contributed by atoms with Gasteiger partial charge in [-0.25, -0.2) is 0 Å². The Hall–Kier alpha value is -4.38. The van der Waals surface area contributed by atoms with E-state index in [1.165, 1.54) is 24.3 Å². The minimum absolute atomic E-state index is 0.0125. The summed E-state index contributed by atoms with van der Waals surface area (Å²) in [4.78, 5) is 87.7. The van der Waals surface area contributed by atoms with Crippen LogP contribution in [0.4, 0.5) is 0 Å². The van der Waals surface area contributed by atoms with E-state index in [1.54, 1.807) is 0 Å². The Balaban J connectivity index is 2.13. The average molecular weight is 499 g/mol. The molecule has 0 radical (unpaired) electrons. The third kappa shape index (κ3) is 3.95. The predicted molar refractivity (Wildman–Crippen MR) is 124 cm³/mol. The molecule has 0 bridgehead atoms. The van der Waals surface area contributed by atoms with Crippen LogP contribution in [0.3, 0.4) is 0 Å². The van der Waals surface area contributed by atoms with Gasteiger partial charge in [0.25, 0.3) is 22.2 Å². The fraction of sp³-hybridized carbons (Fsp3) is 0.174. The molecule has 0 amide bonds. The Morgan fingerprint density at radius 2 is 1.14 bits per heavy atom. The van der Waals surface area contributed by atoms with Crippen LogP contribution in [0.1, 0.15) is 28.8 Å². The SMILES string of the molecule is O=C(O)CCn1c(=O)c2cc3c(=O)n(CCC(=O)O)c(=O)c3c(C(=O)c3ccc(Cl)cc3)c2c1=O. The van der Waals surface area contributed by atoms with Gasteiger partial charge in [-0.15, -0.1) is 0 Å². The number of carboxylic acid groups (broad SMARTS) is 2. The minimum atomic E-state index is -1.26. The molecule has 2 aromatic heterocycles. The van der Waals surface area contributed by atoms with E-state index in [1.807, 2.05) is 0 Å². The molecule has 0 saturated carbocycles. The van der Waals surface area contributed by atoms with Gasteiger partial charge in [0.05, 0.1) is 34.4 Å². The van der Waals surface area contributed by atoms with E-state index in [-0.39, 0.29) is 16.3 Å². The molecule has 2 N–H and O–H groups in total. The predicted octanol–water partition coefficient (Wildman–Crippen LogP) is 0.746. The molecule has 0 saturated heterocycles. The van der Waals surface area contributed by atoms with Gasteiger partial charge in [0, 0.05) is 29.2 Å². The van der Waals surface area contributed by atoms with Gasteiger partial charge in [-0.3, -0.25) is 42.7 Å². The number of ketones is 1. The monoisotopic (exact) mass is 498 g/mol. The highest BCUT2D eigenvalue weighted by Gasteiger charge is 2.28. The molecular weight excluding hydrogens is 484 g/mol. The maximum atomic E-state index is 13.5. The molecule has 2 heterocycles. The molecule has 0 aliphatic rings. The van der Waals surface area contributed by atoms with Crippen molar-refractivity contribution >= 4 is 50.9 Å². The lowest BCUT2D eigenvalue weighted by Crippen LogP contribution is -2.27. The first-order chi connectivity index (χ1) is 16.5. The summed E-state index contributed by atoms with van der Waals surface area (Å²) in [6.45, 7) is -0.957. The first kappa shape index (κ1) is 23.8. The fourth-order valence-electron chi connectivity index (χ4n) is 4.00. The van der Waals surface area contributed by atoms with Crippen LogP contribution in [0.2, 0.25) is 5.02 Å². The van der Waals surface area contributed by atoms with Crippen molar-refractivity contribution in [1.82, 2.24) is 9.13 Å². The second kappa shape index (κ2) is 8.76. The lowest BCUT2D eigenvalue weighted by Gasteiger charge is -2.04. The summed E-state index contributed by atoms with van der Waals surface area (Å²) in [5, 5.41) is 16.7. The van der Waals surface area contributed by atoms with E-state index in [9.17, 15) is 33.6 Å². The van der Waals surface area contributed by atoms with E-state index in [0.29, 0.717) is 14.2 Å². The van der Waals surface area contributed by atoms with Crippen molar-refractivity contribution in [2.45, 2.75) is 25.9 Å². The molecule has 0 aliphatic heterocycles. The largest absolute Gasteiger partial charge is 0.481 e. The van der Waals surface area contributed by atoms with Gasteiger partial charge in [-0.2, -0.15) is 0 Å². The normalized spacial score (nSPS) is 11.3. The fourth-order valence-corrected chi connectivity index (χ4v) is 4.13. The first-order valence-electron chi connectivity index (χ1n) is 10.2. The number of halogens is 1. The van der Waals surface area contributed by atoms with Crippen molar-refractivity contribution in [1.29, 1.82) is 0 Å². The van der Waals surface area contributed by atoms with E-state index in [4.69, 9.17) is 21.8 Å². The van der Waals surface area contributed by atoms with Crippen molar-refractivity contribution in [2.24, 2.45) is 0 Å². The van der Waals surface area contributed by atoms with Crippen molar-refractivity contribution in [3.8, 4) is 0 Å². The minimum Gasteiger partial charge on any atom is -0.481 e. The molecule has 0 aliphatic carbocycles. The highest BCUT2D eigenvalue weighted by atomic mass is 35.5. The summed E-state index contributed by atoms with van der Waals surface area (Å²) in [6, 6.07) is 6.49. The summed E-state index contributed by atoms with van der Waals surface area (Å²) >= 11 is 5.88. The molecule has 0 spiro atoms. The molecule has 12 heteroatoms. The Kier molecular flexibility index (Phi) is 5.95. The van der Waals surface area contributed by atoms with E-state index < -0.39 is 82.2 Å². The zero-order chi connectivity index (χ0) is 25.6. The number of carbonyl (C=O) groups is 3. The quantitative estimate of drug-likeness (QED) is 0.332. The number of carboxylic acids is 2. The summed E-state index contributed by atoms with van der Waals surface area (Å²) < 4.78 is 1.29. The molecule has 2 aromatic carbocycles. The highest BCUT2D eigenvalue weighted by molar-refractivity contribution is 6.31. The third-order valence-corrected chi connectivity index (χ3v) is 5.88. The Bertz CT molecular complexity index is 1660. The molecule has 178 valence electrons. The molecule has 0 atom stereocenters. The lowest BCUT2D eigenvalue weighted by atomic mass is 9.95. The standard InChI is InChI=1S/C23H15ClN2O9/c24-11-3-1-10(2-4-11)19(31)18-16-12(20(32)25(22(16)34)7-5-14(27)28)9-13-17(18)23(35)26(21(13)33)8-6-15(29)30/h1-4,9H,5-8H2,(H,27,28)(H,29,30). The van der Waals surface area contributed by atoms with Gasteiger partial charge in [0.1, 0.15) is 0 Å². The van der Waals surface area contributed by atoms with Gasteiger partial charge in [-0.05, 0) is 30.3 Å². The molecule has 11 nitrogen and oxygen atoms in total. The summed E-state index contributed by atoms with van der Waals surface area (Å²) in [7, 11) is 0. The number of hydrogen-bond acceptors (Lipinski definition) is 7. The summed E-state index contributed by atoms with van der Waals surface area (Å²) in [5.74, 6) is -3.36. The third-order valence-electron chi connectivity index (χ3n) is 5.63. The molecule has 0 unspecified atom stereocenters. The van der Waals surface area contributed by atoms with Crippen LogP contribution in [-0.2, 0) is 22.7 Å². The van der Waals surface area contributed by atoms with Gasteiger partial charge < -0.3 is 10.2 Å². The molecule has 35 heavy (non-hydrogen) atoms. The molecule has 4 rings (SSSR count). The van der Waals surface area contributed by atoms with Gasteiger partial charge in [0.15, 0.2) is 5.78 Å². The zero-order valence-corrected chi connectivity index (χ0v) is 18.5. The maximum Gasteiger partial charge on any atom is 0.305 e. The number of benzene rings is 2. The number of aliphatic carboxylic acids is 2. The van der Waals surface area contributed by atoms with Gasteiger partial charge in [-0.1, -0.05) is 11.6 Å². The van der Waals surface area contributed by atoms with Crippen molar-refractivity contribution in [3.63, 3.8) is 0 Å². The molecule has 4 aromatic rings. The Morgan fingerprint density at radius 1 is 0.714 bits per heavy atom. The van der Waals surface area contributed by atoms with Crippen molar-refractivity contribution in [3.05, 3.63) is 87.9 Å². The van der Waals surface area contributed by atoms with Gasteiger partial charge in [0.2, 0.25) is 0 Å². The van der Waals surface area contributed by atoms with Crippen LogP contribution in [0.5, 0.6) is 0 Å². The topological polar surface area (TPSA) is 170 Å². The average Bonchev–Trinajstić information content (AvgIpc) is 3.19. The van der Waals surface area contributed by atoms with Crippen molar-refractivity contribution < 1.29 is 24.6 Å². The van der Waals surface area contributed by atoms with Gasteiger partial charge >= 0.3 is 11.9 Å². The zero-order valence-electron chi connectivity index (χ0n) is 17.7. The second-order valence-corrected chi connectivity index (χ2v) is 8.18. The van der Waals surface area contributed by atoms with Crippen LogP contribution in [0.15, 0.2) is 49.5 Å². The van der Waals surface area contributed by atoms with Crippen LogP contribution in [-0.4, -0.2) is 37.1 Å². The Morgan fingerprint density at radius 3 is 1.54 bits per heavy atom. The number of hydrogen-bond donors (Lipinski definition) is 2. The molecular formula is C23H15ClN2O9. The Labute approximate surface area is 198 Å². The highest BCUT2D eigenvalue weighted by Crippen LogP contribution is 2.25. The summed E-state index contributed by atoms with van der Waals surface area (Å²) in [5.41, 5.74) is -4.25. The number of carbonyl (C=O) groups excluding carboxylic acids is 1. The van der Waals surface area contributed by atoms with E-state index in [2.05, 4.69) is 0 Å². The number of fused-ring (bicyclic) bond motifs is 2. The van der Waals surface area contributed by atoms with Crippen LogP contribution in [0, 0.1) is 0 Å². The number of rotatable bonds is 8. The smallest absolute Gasteiger partial charge is 0.305 e. The second-order valence-electron chi connectivity index (χ2n) is 7.74. The first-order valence-corrected chi connectivity index (χ1v) is 10.6. The summed E-state index contributed by atoms with van der Waals surface area (Å²) in [6.07, 6.45) is -1.10. The maximum absolute atomic E-state index is 13.5. The van der Waals surface area contributed by atoms with E-state index in [0.717, 1.165) is 6.07 Å². The van der Waals surface area contributed by atoms with Crippen LogP contribution < -0.4 is 22.2 Å². The molecule has 0 fully saturated rings. The number of nitrogens with zero attached hydrogens (tertiary/aromatic N) is 2. The van der Waals surface area contributed by atoms with E-state index >= 15 is 0 Å². The van der Waals surface area contributed by atoms with Crippen LogP contribution in [0.25, 0.3) is 21.5 Å². The number of aromatic nitrogens is 2. The van der Waals surface area contributed by atoms with Crippen molar-refractivity contribution in [2.75, 3.05) is 0 Å².